The minimum atomic E-state index is -0.274. The van der Waals surface area contributed by atoms with Crippen molar-refractivity contribution in [2.45, 2.75) is 6.92 Å². The molecule has 27 heavy (non-hydrogen) atoms. The monoisotopic (exact) mass is 367 g/mol. The molecular formula is C21H25N3O3. The molecule has 1 fully saturated rings. The lowest BCUT2D eigenvalue weighted by atomic mass is 10.1. The Labute approximate surface area is 159 Å². The first-order valence-electron chi connectivity index (χ1n) is 9.02. The maximum absolute atomic E-state index is 12.6. The molecule has 6 heteroatoms. The molecule has 0 aromatic heterocycles. The van der Waals surface area contributed by atoms with Gasteiger partial charge < -0.3 is 19.9 Å². The third-order valence-electron chi connectivity index (χ3n) is 4.83. The van der Waals surface area contributed by atoms with Gasteiger partial charge in [-0.05, 0) is 50.4 Å². The molecule has 0 saturated carbocycles. The van der Waals surface area contributed by atoms with Crippen molar-refractivity contribution >= 4 is 23.1 Å². The molecule has 1 aliphatic rings. The van der Waals surface area contributed by atoms with Crippen molar-refractivity contribution in [1.29, 1.82) is 0 Å². The highest BCUT2D eigenvalue weighted by Gasteiger charge is 2.18. The summed E-state index contributed by atoms with van der Waals surface area (Å²) in [6, 6.07) is 12.6. The van der Waals surface area contributed by atoms with Crippen molar-refractivity contribution < 1.29 is 14.3 Å². The normalized spacial score (nSPS) is 14.7. The molecule has 1 saturated heterocycles. The van der Waals surface area contributed by atoms with Gasteiger partial charge in [-0.3, -0.25) is 9.59 Å². The molecule has 142 valence electrons. The van der Waals surface area contributed by atoms with Crippen molar-refractivity contribution in [1.82, 2.24) is 4.90 Å². The molecular weight excluding hydrogens is 342 g/mol. The number of ketones is 1. The predicted molar refractivity (Wildman–Crippen MR) is 107 cm³/mol. The second-order valence-electron chi connectivity index (χ2n) is 6.76. The first-order valence-corrected chi connectivity index (χ1v) is 9.02. The van der Waals surface area contributed by atoms with Crippen LogP contribution in [0, 0.1) is 0 Å². The molecule has 0 spiro atoms. The van der Waals surface area contributed by atoms with Crippen LogP contribution in [-0.4, -0.2) is 56.9 Å². The average Bonchev–Trinajstić information content (AvgIpc) is 2.68. The third kappa shape index (κ3) is 4.46. The zero-order valence-electron chi connectivity index (χ0n) is 16.0. The fourth-order valence-electron chi connectivity index (χ4n) is 3.15. The molecule has 0 aliphatic carbocycles. The van der Waals surface area contributed by atoms with E-state index in [-0.39, 0.29) is 11.7 Å². The van der Waals surface area contributed by atoms with Crippen LogP contribution in [-0.2, 0) is 0 Å². The SMILES string of the molecule is COc1cccc(C(=O)Nc2ccc(N3CCN(C)CC3)cc2C(C)=O)c1. The highest BCUT2D eigenvalue weighted by atomic mass is 16.5. The van der Waals surface area contributed by atoms with Gasteiger partial charge in [0, 0.05) is 43.0 Å². The Balaban J connectivity index is 1.82. The maximum Gasteiger partial charge on any atom is 0.255 e. The van der Waals surface area contributed by atoms with Gasteiger partial charge in [-0.2, -0.15) is 0 Å². The Bertz CT molecular complexity index is 842. The van der Waals surface area contributed by atoms with E-state index < -0.39 is 0 Å². The van der Waals surface area contributed by atoms with Gasteiger partial charge in [0.15, 0.2) is 5.78 Å². The number of hydrogen-bond acceptors (Lipinski definition) is 5. The molecule has 2 aromatic carbocycles. The molecule has 1 heterocycles. The summed E-state index contributed by atoms with van der Waals surface area (Å²) in [5.74, 6) is 0.260. The van der Waals surface area contributed by atoms with Gasteiger partial charge in [0.25, 0.3) is 5.91 Å². The summed E-state index contributed by atoms with van der Waals surface area (Å²) in [6.07, 6.45) is 0. The van der Waals surface area contributed by atoms with Crippen molar-refractivity contribution in [3.8, 4) is 5.75 Å². The smallest absolute Gasteiger partial charge is 0.255 e. The second kappa shape index (κ2) is 8.22. The first-order chi connectivity index (χ1) is 13.0. The molecule has 0 radical (unpaired) electrons. The number of methoxy groups -OCH3 is 1. The Morgan fingerprint density at radius 2 is 1.78 bits per heavy atom. The molecule has 3 rings (SSSR count). The topological polar surface area (TPSA) is 61.9 Å². The fourth-order valence-corrected chi connectivity index (χ4v) is 3.15. The second-order valence-corrected chi connectivity index (χ2v) is 6.76. The zero-order valence-corrected chi connectivity index (χ0v) is 16.0. The number of benzene rings is 2. The molecule has 0 atom stereocenters. The number of nitrogens with zero attached hydrogens (tertiary/aromatic N) is 2. The van der Waals surface area contributed by atoms with E-state index in [0.717, 1.165) is 31.9 Å². The number of piperazine rings is 1. The summed E-state index contributed by atoms with van der Waals surface area (Å²) in [4.78, 5) is 29.3. The third-order valence-corrected chi connectivity index (χ3v) is 4.83. The van der Waals surface area contributed by atoms with Gasteiger partial charge >= 0.3 is 0 Å². The van der Waals surface area contributed by atoms with Gasteiger partial charge in [-0.25, -0.2) is 0 Å². The molecule has 1 aliphatic heterocycles. The van der Waals surface area contributed by atoms with E-state index in [1.165, 1.54) is 6.92 Å². The molecule has 0 unspecified atom stereocenters. The van der Waals surface area contributed by atoms with Gasteiger partial charge in [-0.15, -0.1) is 0 Å². The number of carbonyl (C=O) groups is 2. The van der Waals surface area contributed by atoms with E-state index in [1.54, 1.807) is 31.4 Å². The number of nitrogens with one attached hydrogen (secondary N) is 1. The van der Waals surface area contributed by atoms with E-state index in [2.05, 4.69) is 22.2 Å². The van der Waals surface area contributed by atoms with Crippen LogP contribution in [0.2, 0.25) is 0 Å². The standard InChI is InChI=1S/C21H25N3O3/c1-15(25)19-14-17(24-11-9-23(2)10-12-24)7-8-20(19)22-21(26)16-5-4-6-18(13-16)27-3/h4-8,13-14H,9-12H2,1-3H3,(H,22,26). The lowest BCUT2D eigenvalue weighted by molar-refractivity contribution is 0.101. The summed E-state index contributed by atoms with van der Waals surface area (Å²) in [6.45, 7) is 5.34. The van der Waals surface area contributed by atoms with E-state index in [0.29, 0.717) is 22.6 Å². The number of rotatable bonds is 5. The van der Waals surface area contributed by atoms with Gasteiger partial charge in [0.05, 0.1) is 12.8 Å². The summed E-state index contributed by atoms with van der Waals surface area (Å²) in [5.41, 5.74) is 2.52. The Kier molecular flexibility index (Phi) is 5.76. The predicted octanol–water partition coefficient (Wildman–Crippen LogP) is 2.90. The number of Topliss-reactive ketones (excluding diaryl/α,β-unsaturated/α-hetero) is 1. The summed E-state index contributed by atoms with van der Waals surface area (Å²) in [5, 5.41) is 2.85. The van der Waals surface area contributed by atoms with E-state index in [1.807, 2.05) is 18.2 Å². The van der Waals surface area contributed by atoms with Crippen LogP contribution in [0.1, 0.15) is 27.6 Å². The lowest BCUT2D eigenvalue weighted by Crippen LogP contribution is -2.44. The van der Waals surface area contributed by atoms with Gasteiger partial charge in [0.2, 0.25) is 0 Å². The number of hydrogen-bond donors (Lipinski definition) is 1. The van der Waals surface area contributed by atoms with E-state index in [4.69, 9.17) is 4.74 Å². The number of ether oxygens (including phenoxy) is 1. The minimum Gasteiger partial charge on any atom is -0.497 e. The molecule has 2 aromatic rings. The van der Waals surface area contributed by atoms with Crippen LogP contribution in [0.4, 0.5) is 11.4 Å². The Morgan fingerprint density at radius 3 is 2.44 bits per heavy atom. The summed E-state index contributed by atoms with van der Waals surface area (Å²) >= 11 is 0. The van der Waals surface area contributed by atoms with Gasteiger partial charge in [0.1, 0.15) is 5.75 Å². The van der Waals surface area contributed by atoms with E-state index in [9.17, 15) is 9.59 Å². The van der Waals surface area contributed by atoms with Crippen LogP contribution in [0.3, 0.4) is 0 Å². The number of carbonyl (C=O) groups excluding carboxylic acids is 2. The van der Waals surface area contributed by atoms with Crippen LogP contribution in [0.15, 0.2) is 42.5 Å². The molecule has 6 nitrogen and oxygen atoms in total. The van der Waals surface area contributed by atoms with Crippen LogP contribution in [0.5, 0.6) is 5.75 Å². The first kappa shape index (κ1) is 18.9. The summed E-state index contributed by atoms with van der Waals surface area (Å²) in [7, 11) is 3.66. The number of amides is 1. The average molecular weight is 367 g/mol. The highest BCUT2D eigenvalue weighted by molar-refractivity contribution is 6.09. The van der Waals surface area contributed by atoms with E-state index >= 15 is 0 Å². The fraction of sp³-hybridized carbons (Fsp3) is 0.333. The Hall–Kier alpha value is -2.86. The lowest BCUT2D eigenvalue weighted by Gasteiger charge is -2.34. The minimum absolute atomic E-state index is 0.0769. The number of anilines is 2. The number of likely N-dealkylation sites (N-methyl/N-ethyl adjacent to an activating group) is 1. The highest BCUT2D eigenvalue weighted by Crippen LogP contribution is 2.25. The van der Waals surface area contributed by atoms with Gasteiger partial charge in [-0.1, -0.05) is 6.07 Å². The van der Waals surface area contributed by atoms with Crippen LogP contribution >= 0.6 is 0 Å². The van der Waals surface area contributed by atoms with Crippen molar-refractivity contribution in [3.05, 3.63) is 53.6 Å². The molecule has 1 amide bonds. The summed E-state index contributed by atoms with van der Waals surface area (Å²) < 4.78 is 5.16. The van der Waals surface area contributed by atoms with Crippen molar-refractivity contribution in [2.24, 2.45) is 0 Å². The quantitative estimate of drug-likeness (QED) is 0.824. The largest absolute Gasteiger partial charge is 0.497 e. The van der Waals surface area contributed by atoms with Crippen molar-refractivity contribution in [2.75, 3.05) is 50.6 Å². The van der Waals surface area contributed by atoms with Crippen molar-refractivity contribution in [3.63, 3.8) is 0 Å². The maximum atomic E-state index is 12.6. The van der Waals surface area contributed by atoms with Crippen LogP contribution in [0.25, 0.3) is 0 Å². The Morgan fingerprint density at radius 1 is 1.04 bits per heavy atom. The molecule has 0 bridgehead atoms. The molecule has 1 N–H and O–H groups in total. The van der Waals surface area contributed by atoms with Crippen LogP contribution < -0.4 is 15.0 Å². The zero-order chi connectivity index (χ0) is 19.4.